The molecule has 3 aromatic heterocycles. The molecule has 0 radical (unpaired) electrons. The summed E-state index contributed by atoms with van der Waals surface area (Å²) in [7, 11) is 0. The summed E-state index contributed by atoms with van der Waals surface area (Å²) in [5.74, 6) is 0.550. The van der Waals surface area contributed by atoms with E-state index in [4.69, 9.17) is 5.73 Å². The molecule has 244 valence electrons. The van der Waals surface area contributed by atoms with Crippen LogP contribution in [0.3, 0.4) is 0 Å². The summed E-state index contributed by atoms with van der Waals surface area (Å²) in [5, 5.41) is 26.4. The summed E-state index contributed by atoms with van der Waals surface area (Å²) < 4.78 is 0. The Morgan fingerprint density at radius 3 is 1.34 bits per heavy atom. The number of aryl methyl sites for hydroxylation is 2. The van der Waals surface area contributed by atoms with Crippen LogP contribution >= 0.6 is 0 Å². The van der Waals surface area contributed by atoms with Crippen LogP contribution in [-0.4, -0.2) is 48.1 Å². The summed E-state index contributed by atoms with van der Waals surface area (Å²) >= 11 is 0. The van der Waals surface area contributed by atoms with Gasteiger partial charge in [0.2, 0.25) is 0 Å². The maximum Gasteiger partial charge on any atom is 0.124 e. The van der Waals surface area contributed by atoms with Crippen molar-refractivity contribution in [3.63, 3.8) is 0 Å². The Balaban J connectivity index is 1.43. The van der Waals surface area contributed by atoms with Crippen LogP contribution in [0.1, 0.15) is 50.5 Å². The van der Waals surface area contributed by atoms with Crippen LogP contribution in [0.4, 0.5) is 0 Å². The highest BCUT2D eigenvalue weighted by molar-refractivity contribution is 5.45. The van der Waals surface area contributed by atoms with Crippen molar-refractivity contribution in [1.29, 1.82) is 0 Å². The quantitative estimate of drug-likeness (QED) is 0.107. The lowest BCUT2D eigenvalue weighted by Gasteiger charge is -2.26. The normalized spacial score (nSPS) is 11.4. The SMILES string of the molecule is Cc1cc(CNCCN)c(O)c(CN(Cc2ccccn2)Cc2cc(C)cc(CN(Cc3ccccn3)Cc3ccccn3)c2O)c1. The van der Waals surface area contributed by atoms with Crippen LogP contribution in [0.5, 0.6) is 11.5 Å². The van der Waals surface area contributed by atoms with Gasteiger partial charge in [-0.1, -0.05) is 53.6 Å². The number of aromatic nitrogens is 3. The van der Waals surface area contributed by atoms with Crippen LogP contribution in [0.15, 0.2) is 97.5 Å². The molecule has 47 heavy (non-hydrogen) atoms. The summed E-state index contributed by atoms with van der Waals surface area (Å²) in [6.07, 6.45) is 5.40. The predicted molar refractivity (Wildman–Crippen MR) is 185 cm³/mol. The zero-order chi connectivity index (χ0) is 33.0. The minimum atomic E-state index is 0.272. The van der Waals surface area contributed by atoms with E-state index in [1.165, 1.54) is 0 Å². The molecular formula is C38H45N7O2. The van der Waals surface area contributed by atoms with Gasteiger partial charge in [0.05, 0.1) is 17.1 Å². The highest BCUT2D eigenvalue weighted by atomic mass is 16.3. The molecule has 0 amide bonds. The number of nitrogens with zero attached hydrogens (tertiary/aromatic N) is 5. The van der Waals surface area contributed by atoms with Gasteiger partial charge in [-0.05, 0) is 50.2 Å². The second kappa shape index (κ2) is 16.8. The second-order valence-corrected chi connectivity index (χ2v) is 12.1. The van der Waals surface area contributed by atoms with Crippen molar-refractivity contribution in [2.75, 3.05) is 13.1 Å². The first-order valence-electron chi connectivity index (χ1n) is 16.1. The van der Waals surface area contributed by atoms with Crippen molar-refractivity contribution in [3.8, 4) is 11.5 Å². The number of pyridine rings is 3. The first-order valence-corrected chi connectivity index (χ1v) is 16.1. The minimum Gasteiger partial charge on any atom is -0.507 e. The number of aromatic hydroxyl groups is 2. The Bertz CT molecular complexity index is 1660. The number of phenolic OH excluding ortho intramolecular Hbond substituents is 2. The highest BCUT2D eigenvalue weighted by Crippen LogP contribution is 2.31. The fourth-order valence-corrected chi connectivity index (χ4v) is 5.91. The van der Waals surface area contributed by atoms with Gasteiger partial charge in [0.15, 0.2) is 0 Å². The molecule has 0 aliphatic carbocycles. The molecule has 0 unspecified atom stereocenters. The average Bonchev–Trinajstić information content (AvgIpc) is 3.06. The Kier molecular flexibility index (Phi) is 12.0. The first kappa shape index (κ1) is 33.7. The van der Waals surface area contributed by atoms with E-state index < -0.39 is 0 Å². The third kappa shape index (κ3) is 9.91. The fourth-order valence-electron chi connectivity index (χ4n) is 5.91. The van der Waals surface area contributed by atoms with Gasteiger partial charge in [0, 0.05) is 99.7 Å². The Morgan fingerprint density at radius 1 is 0.574 bits per heavy atom. The molecule has 0 fully saturated rings. The number of phenols is 2. The number of nitrogens with one attached hydrogen (secondary N) is 1. The van der Waals surface area contributed by atoms with Gasteiger partial charge < -0.3 is 21.3 Å². The molecule has 0 spiro atoms. The average molecular weight is 632 g/mol. The van der Waals surface area contributed by atoms with Gasteiger partial charge >= 0.3 is 0 Å². The molecule has 5 aromatic rings. The Labute approximate surface area is 277 Å². The van der Waals surface area contributed by atoms with E-state index in [9.17, 15) is 10.2 Å². The van der Waals surface area contributed by atoms with Crippen LogP contribution < -0.4 is 11.1 Å². The van der Waals surface area contributed by atoms with Crippen molar-refractivity contribution in [3.05, 3.63) is 148 Å². The maximum atomic E-state index is 11.8. The van der Waals surface area contributed by atoms with Gasteiger partial charge in [0.1, 0.15) is 11.5 Å². The third-order valence-corrected chi connectivity index (χ3v) is 7.98. The van der Waals surface area contributed by atoms with E-state index in [0.29, 0.717) is 58.9 Å². The molecule has 0 bridgehead atoms. The third-order valence-electron chi connectivity index (χ3n) is 7.98. The second-order valence-electron chi connectivity index (χ2n) is 12.1. The first-order chi connectivity index (χ1) is 22.9. The number of nitrogens with two attached hydrogens (primary N) is 1. The minimum absolute atomic E-state index is 0.272. The van der Waals surface area contributed by atoms with Gasteiger partial charge in [-0.2, -0.15) is 0 Å². The predicted octanol–water partition coefficient (Wildman–Crippen LogP) is 5.35. The standard InChI is InChI=1S/C38H45N7O2/c1-28-17-30(21-40-16-12-39)37(46)31(18-28)22-44(25-34-9-3-6-13-41-34)23-32-19-29(2)20-33(38(32)47)24-45(26-35-10-4-7-14-42-35)27-36-11-5-8-15-43-36/h3-11,13-15,17-20,40,46-47H,12,16,21-27,39H2,1-2H3. The van der Waals surface area contributed by atoms with Crippen molar-refractivity contribution < 1.29 is 10.2 Å². The van der Waals surface area contributed by atoms with E-state index >= 15 is 0 Å². The molecule has 0 aliphatic heterocycles. The van der Waals surface area contributed by atoms with Crippen LogP contribution in [0, 0.1) is 13.8 Å². The molecule has 2 aromatic carbocycles. The largest absolute Gasteiger partial charge is 0.507 e. The molecule has 0 atom stereocenters. The summed E-state index contributed by atoms with van der Waals surface area (Å²) in [5.41, 5.74) is 13.9. The van der Waals surface area contributed by atoms with Gasteiger partial charge in [-0.3, -0.25) is 24.8 Å². The van der Waals surface area contributed by atoms with Gasteiger partial charge in [-0.15, -0.1) is 0 Å². The van der Waals surface area contributed by atoms with Crippen molar-refractivity contribution in [2.24, 2.45) is 5.73 Å². The molecule has 9 nitrogen and oxygen atoms in total. The fraction of sp³-hybridized carbons (Fsp3) is 0.289. The molecule has 5 N–H and O–H groups in total. The van der Waals surface area contributed by atoms with E-state index in [1.807, 2.05) is 79.7 Å². The summed E-state index contributed by atoms with van der Waals surface area (Å²) in [6.45, 7) is 9.06. The topological polar surface area (TPSA) is 124 Å². The van der Waals surface area contributed by atoms with E-state index in [2.05, 4.69) is 43.1 Å². The number of benzene rings is 2. The van der Waals surface area contributed by atoms with E-state index in [1.54, 1.807) is 18.6 Å². The Hall–Kier alpha value is -4.67. The lowest BCUT2D eigenvalue weighted by Crippen LogP contribution is -2.25. The van der Waals surface area contributed by atoms with Crippen LogP contribution in [0.2, 0.25) is 0 Å². The monoisotopic (exact) mass is 631 g/mol. The highest BCUT2D eigenvalue weighted by Gasteiger charge is 2.19. The van der Waals surface area contributed by atoms with Gasteiger partial charge in [-0.25, -0.2) is 0 Å². The smallest absolute Gasteiger partial charge is 0.124 e. The molecule has 5 rings (SSSR count). The molecule has 3 heterocycles. The summed E-state index contributed by atoms with van der Waals surface area (Å²) in [6, 6.07) is 25.9. The molecule has 0 aliphatic rings. The lowest BCUT2D eigenvalue weighted by atomic mass is 10.0. The maximum absolute atomic E-state index is 11.8. The van der Waals surface area contributed by atoms with Crippen molar-refractivity contribution in [1.82, 2.24) is 30.1 Å². The van der Waals surface area contributed by atoms with Crippen LogP contribution in [-0.2, 0) is 45.8 Å². The molecule has 9 heteroatoms. The van der Waals surface area contributed by atoms with E-state index in [0.717, 1.165) is 50.5 Å². The Morgan fingerprint density at radius 2 is 0.957 bits per heavy atom. The number of hydrogen-bond acceptors (Lipinski definition) is 9. The number of hydrogen-bond donors (Lipinski definition) is 4. The summed E-state index contributed by atoms with van der Waals surface area (Å²) in [4.78, 5) is 18.1. The lowest BCUT2D eigenvalue weighted by molar-refractivity contribution is 0.231. The molecule has 0 saturated carbocycles. The van der Waals surface area contributed by atoms with E-state index in [-0.39, 0.29) is 11.5 Å². The molecule has 0 saturated heterocycles. The van der Waals surface area contributed by atoms with Crippen LogP contribution in [0.25, 0.3) is 0 Å². The van der Waals surface area contributed by atoms with Crippen molar-refractivity contribution in [2.45, 2.75) is 59.7 Å². The number of rotatable bonds is 16. The zero-order valence-electron chi connectivity index (χ0n) is 27.3. The van der Waals surface area contributed by atoms with Gasteiger partial charge in [0.25, 0.3) is 0 Å². The van der Waals surface area contributed by atoms with Crippen molar-refractivity contribution >= 4 is 0 Å². The zero-order valence-corrected chi connectivity index (χ0v) is 27.3. The molecular weight excluding hydrogens is 586 g/mol.